The predicted octanol–water partition coefficient (Wildman–Crippen LogP) is 1.31. The molecule has 6 nitrogen and oxygen atoms in total. The number of aliphatic hydroxyl groups excluding tert-OH is 2. The van der Waals surface area contributed by atoms with Crippen LogP contribution in [0.2, 0.25) is 12.6 Å². The zero-order valence-corrected chi connectivity index (χ0v) is 16.5. The fourth-order valence-corrected chi connectivity index (χ4v) is 2.23. The fourth-order valence-electron chi connectivity index (χ4n) is 1.11. The van der Waals surface area contributed by atoms with E-state index in [9.17, 15) is 9.13 Å². The Morgan fingerprint density at radius 2 is 1.43 bits per heavy atom. The molecule has 10 heteroatoms. The molecule has 0 heterocycles. The minimum Gasteiger partial charge on any atom is -0.396 e. The molecule has 0 fully saturated rings. The molecule has 0 amide bonds. The van der Waals surface area contributed by atoms with Gasteiger partial charge in [0.1, 0.15) is 14.3 Å². The average Bonchev–Trinajstić information content (AvgIpc) is 2.43. The van der Waals surface area contributed by atoms with E-state index in [1.54, 1.807) is 26.7 Å². The van der Waals surface area contributed by atoms with Gasteiger partial charge in [-0.05, 0) is 32.6 Å². The summed E-state index contributed by atoms with van der Waals surface area (Å²) < 4.78 is 32.5. The van der Waals surface area contributed by atoms with Gasteiger partial charge in [0.05, 0.1) is 47.7 Å². The highest BCUT2D eigenvalue weighted by molar-refractivity contribution is 7.62. The molecule has 134 valence electrons. The molecule has 0 saturated carbocycles. The maximum Gasteiger partial charge on any atom is 0.106 e. The van der Waals surface area contributed by atoms with Crippen LogP contribution in [0.15, 0.2) is 0 Å². The first-order valence-corrected chi connectivity index (χ1v) is 13.0. The average molecular weight is 366 g/mol. The molecule has 0 bridgehead atoms. The third-order valence-corrected chi connectivity index (χ3v) is 4.01. The second kappa shape index (κ2) is 13.7. The van der Waals surface area contributed by atoms with Crippen molar-refractivity contribution in [2.45, 2.75) is 18.7 Å². The van der Waals surface area contributed by atoms with Crippen LogP contribution < -0.4 is 0 Å². The van der Waals surface area contributed by atoms with Gasteiger partial charge < -0.3 is 28.8 Å². The molecule has 23 heavy (non-hydrogen) atoms. The first-order valence-electron chi connectivity index (χ1n) is 7.38. The van der Waals surface area contributed by atoms with Crippen molar-refractivity contribution in [3.63, 3.8) is 0 Å². The number of hydrogen-bond acceptors (Lipinski definition) is 6. The van der Waals surface area contributed by atoms with Gasteiger partial charge >= 0.3 is 0 Å². The highest BCUT2D eigenvalue weighted by Crippen LogP contribution is 2.36. The predicted molar refractivity (Wildman–Crippen MR) is 98.3 cm³/mol. The van der Waals surface area contributed by atoms with Crippen molar-refractivity contribution in [1.29, 1.82) is 0 Å². The van der Waals surface area contributed by atoms with Crippen LogP contribution in [0.3, 0.4) is 0 Å². The number of rotatable bonds is 11. The van der Waals surface area contributed by atoms with Gasteiger partial charge in [-0.25, -0.2) is 0 Å². The fraction of sp³-hybridized carbons (Fsp3) is 1.00. The summed E-state index contributed by atoms with van der Waals surface area (Å²) in [5.74, 6) is -0.0310. The molecule has 0 aromatic rings. The van der Waals surface area contributed by atoms with Crippen molar-refractivity contribution in [2.75, 3.05) is 59.2 Å². The first-order chi connectivity index (χ1) is 10.5. The molecular formula is C13H30B2O6P2. The maximum absolute atomic E-state index is 11.2. The smallest absolute Gasteiger partial charge is 0.106 e. The van der Waals surface area contributed by atoms with Gasteiger partial charge in [-0.1, -0.05) is 12.6 Å². The first kappa shape index (κ1) is 25.7. The normalized spacial score (nSPS) is 14.7. The van der Waals surface area contributed by atoms with E-state index in [-0.39, 0.29) is 44.3 Å². The van der Waals surface area contributed by atoms with Crippen molar-refractivity contribution in [3.05, 3.63) is 0 Å². The van der Waals surface area contributed by atoms with E-state index in [2.05, 4.69) is 0 Å². The Kier molecular flexibility index (Phi) is 15.3. The lowest BCUT2D eigenvalue weighted by molar-refractivity contribution is 0.0503. The van der Waals surface area contributed by atoms with Gasteiger partial charge in [0.15, 0.2) is 0 Å². The Morgan fingerprint density at radius 3 is 1.74 bits per heavy atom. The summed E-state index contributed by atoms with van der Waals surface area (Å²) in [6.45, 7) is 6.91. The minimum atomic E-state index is -2.13. The van der Waals surface area contributed by atoms with Crippen LogP contribution in [0.5, 0.6) is 0 Å². The molecule has 0 spiro atoms. The Bertz CT molecular complexity index is 363. The Labute approximate surface area is 143 Å². The zero-order valence-electron chi connectivity index (χ0n) is 14.7. The van der Waals surface area contributed by atoms with E-state index in [0.29, 0.717) is 12.9 Å². The molecule has 0 aliphatic carbocycles. The summed E-state index contributed by atoms with van der Waals surface area (Å²) >= 11 is 0. The van der Waals surface area contributed by atoms with E-state index in [1.165, 1.54) is 0 Å². The van der Waals surface area contributed by atoms with E-state index in [0.717, 1.165) is 0 Å². The van der Waals surface area contributed by atoms with E-state index in [4.69, 9.17) is 35.4 Å². The van der Waals surface area contributed by atoms with Gasteiger partial charge in [0.2, 0.25) is 0 Å². The molecular weight excluding hydrogens is 336 g/mol. The molecule has 0 aromatic heterocycles. The summed E-state index contributed by atoms with van der Waals surface area (Å²) in [7, 11) is 6.34. The van der Waals surface area contributed by atoms with E-state index in [1.807, 2.05) is 0 Å². The third-order valence-electron chi connectivity index (χ3n) is 2.43. The summed E-state index contributed by atoms with van der Waals surface area (Å²) in [4.78, 5) is 0. The standard InChI is InChI=1S/C7H16BO3P.C6H14BO3P/c1-12(2,10)6-11-5-7(3-8)4-9;1-11(2,9)5-10-6(3-7)4-8/h7,9H,3-6H2,1-2H3;6,8H,3-5H2,1-2H3. The monoisotopic (exact) mass is 366 g/mol. The third kappa shape index (κ3) is 20.4. The van der Waals surface area contributed by atoms with Crippen LogP contribution in [0.1, 0.15) is 0 Å². The number of hydrogen-bond donors (Lipinski definition) is 2. The van der Waals surface area contributed by atoms with Crippen molar-refractivity contribution < 1.29 is 28.8 Å². The van der Waals surface area contributed by atoms with Crippen molar-refractivity contribution >= 4 is 30.0 Å². The summed E-state index contributed by atoms with van der Waals surface area (Å²) in [6, 6.07) is 0. The lowest BCUT2D eigenvalue weighted by atomic mass is 9.93. The topological polar surface area (TPSA) is 93.1 Å². The second-order valence-corrected chi connectivity index (χ2v) is 13.1. The molecule has 0 rings (SSSR count). The zero-order chi connectivity index (χ0) is 18.5. The summed E-state index contributed by atoms with van der Waals surface area (Å²) in [5, 5.41) is 17.4. The van der Waals surface area contributed by atoms with Crippen molar-refractivity contribution in [1.82, 2.24) is 0 Å². The van der Waals surface area contributed by atoms with Gasteiger partial charge in [0, 0.05) is 6.61 Å². The quantitative estimate of drug-likeness (QED) is 0.423. The van der Waals surface area contributed by atoms with Crippen LogP contribution in [0.4, 0.5) is 0 Å². The highest BCUT2D eigenvalue weighted by Gasteiger charge is 2.11. The Morgan fingerprint density at radius 1 is 0.913 bits per heavy atom. The van der Waals surface area contributed by atoms with Crippen molar-refractivity contribution in [2.24, 2.45) is 5.92 Å². The Hall–Kier alpha value is 0.430. The van der Waals surface area contributed by atoms with Crippen molar-refractivity contribution in [3.8, 4) is 0 Å². The summed E-state index contributed by atoms with van der Waals surface area (Å²) in [5.41, 5.74) is 0. The van der Waals surface area contributed by atoms with Crippen LogP contribution >= 0.6 is 14.3 Å². The molecule has 2 unspecified atom stereocenters. The molecule has 4 radical (unpaired) electrons. The van der Waals surface area contributed by atoms with Gasteiger partial charge in [-0.2, -0.15) is 0 Å². The molecule has 0 aliphatic rings. The lowest BCUT2D eigenvalue weighted by Crippen LogP contribution is -2.17. The van der Waals surface area contributed by atoms with Gasteiger partial charge in [-0.15, -0.1) is 0 Å². The van der Waals surface area contributed by atoms with E-state index < -0.39 is 14.3 Å². The molecule has 0 aromatic carbocycles. The highest BCUT2D eigenvalue weighted by atomic mass is 31.2. The van der Waals surface area contributed by atoms with Crippen LogP contribution in [-0.2, 0) is 18.6 Å². The SMILES string of the molecule is [B]CC(CO)COCP(C)(C)=O.[B]CC(CO)OCP(C)(C)=O. The second-order valence-electron chi connectivity index (χ2n) is 6.27. The molecule has 0 aliphatic heterocycles. The lowest BCUT2D eigenvalue weighted by Gasteiger charge is -2.15. The van der Waals surface area contributed by atoms with E-state index >= 15 is 0 Å². The van der Waals surface area contributed by atoms with Crippen LogP contribution in [-0.4, -0.2) is 91.2 Å². The Balaban J connectivity index is 0. The van der Waals surface area contributed by atoms with Gasteiger partial charge in [0.25, 0.3) is 0 Å². The van der Waals surface area contributed by atoms with Crippen LogP contribution in [0.25, 0.3) is 0 Å². The summed E-state index contributed by atoms with van der Waals surface area (Å²) in [6.07, 6.45) is 0.743. The van der Waals surface area contributed by atoms with Crippen LogP contribution in [0, 0.1) is 5.92 Å². The minimum absolute atomic E-state index is 0.0221. The molecule has 0 saturated heterocycles. The number of aliphatic hydroxyl groups is 2. The largest absolute Gasteiger partial charge is 0.396 e. The maximum atomic E-state index is 11.2. The molecule has 2 atom stereocenters. The number of ether oxygens (including phenoxy) is 2. The van der Waals surface area contributed by atoms with Gasteiger partial charge in [-0.3, -0.25) is 0 Å². The molecule has 2 N–H and O–H groups in total.